The van der Waals surface area contributed by atoms with Gasteiger partial charge in [-0.2, -0.15) is 0 Å². The van der Waals surface area contributed by atoms with E-state index in [4.69, 9.17) is 0 Å². The number of piperidine rings is 1. The number of hydrogen-bond donors (Lipinski definition) is 4. The van der Waals surface area contributed by atoms with Gasteiger partial charge in [-0.3, -0.25) is 9.69 Å². The van der Waals surface area contributed by atoms with E-state index >= 15 is 0 Å². The lowest BCUT2D eigenvalue weighted by Crippen LogP contribution is -2.69. The second kappa shape index (κ2) is 7.47. The van der Waals surface area contributed by atoms with Crippen LogP contribution in [-0.4, -0.2) is 50.9 Å². The molecule has 2 aromatic rings. The minimum Gasteiger partial charge on any atom is -0.508 e. The third kappa shape index (κ3) is 3.34. The molecule has 1 saturated heterocycles. The number of benzene rings is 2. The van der Waals surface area contributed by atoms with Crippen molar-refractivity contribution < 1.29 is 20.1 Å². The normalized spacial score (nSPS) is 32.8. The van der Waals surface area contributed by atoms with Gasteiger partial charge in [-0.25, -0.2) is 0 Å². The van der Waals surface area contributed by atoms with E-state index in [2.05, 4.69) is 10.2 Å². The van der Waals surface area contributed by atoms with Crippen LogP contribution in [0.3, 0.4) is 0 Å². The summed E-state index contributed by atoms with van der Waals surface area (Å²) in [5.41, 5.74) is 1.60. The molecule has 6 rings (SSSR count). The molecular weight excluding hydrogens is 416 g/mol. The Balaban J connectivity index is 1.30. The summed E-state index contributed by atoms with van der Waals surface area (Å²) in [6.07, 6.45) is 5.16. The first-order valence-corrected chi connectivity index (χ1v) is 12.2. The first-order chi connectivity index (χ1) is 15.9. The zero-order valence-electron chi connectivity index (χ0n) is 18.8. The summed E-state index contributed by atoms with van der Waals surface area (Å²) >= 11 is 0. The van der Waals surface area contributed by atoms with Gasteiger partial charge in [0, 0.05) is 30.5 Å². The number of nitrogens with zero attached hydrogens (tertiary/aromatic N) is 1. The second-order valence-electron chi connectivity index (χ2n) is 10.7. The van der Waals surface area contributed by atoms with Crippen LogP contribution in [-0.2, 0) is 23.2 Å². The molecular formula is C27H32N2O4. The number of hydrogen-bond acceptors (Lipinski definition) is 5. The number of carbonyl (C=O) groups is 1. The van der Waals surface area contributed by atoms with E-state index in [1.54, 1.807) is 24.3 Å². The van der Waals surface area contributed by atoms with Crippen molar-refractivity contribution in [2.24, 2.45) is 11.8 Å². The minimum absolute atomic E-state index is 0.00719. The van der Waals surface area contributed by atoms with E-state index in [0.29, 0.717) is 19.4 Å². The lowest BCUT2D eigenvalue weighted by molar-refractivity contribution is -0.134. The zero-order chi connectivity index (χ0) is 22.8. The SMILES string of the molecule is O=C(NCc1cccc(O)c1)[C@@H]1C[C@]23CCN(CC4CC4)[C@H](Cc4ccc(O)cc42)[C@]3(O)C1. The van der Waals surface area contributed by atoms with Crippen molar-refractivity contribution in [3.63, 3.8) is 0 Å². The van der Waals surface area contributed by atoms with E-state index in [1.165, 1.54) is 18.4 Å². The van der Waals surface area contributed by atoms with Crippen molar-refractivity contribution in [2.45, 2.75) is 62.1 Å². The Kier molecular flexibility index (Phi) is 4.75. The smallest absolute Gasteiger partial charge is 0.223 e. The maximum Gasteiger partial charge on any atom is 0.223 e. The summed E-state index contributed by atoms with van der Waals surface area (Å²) in [5, 5.41) is 35.3. The number of aromatic hydroxyl groups is 2. The third-order valence-corrected chi connectivity index (χ3v) is 8.76. The van der Waals surface area contributed by atoms with Gasteiger partial charge in [0.1, 0.15) is 11.5 Å². The van der Waals surface area contributed by atoms with Crippen LogP contribution in [0.15, 0.2) is 42.5 Å². The lowest BCUT2D eigenvalue weighted by Gasteiger charge is -2.59. The zero-order valence-corrected chi connectivity index (χ0v) is 18.8. The van der Waals surface area contributed by atoms with Gasteiger partial charge in [-0.1, -0.05) is 18.2 Å². The van der Waals surface area contributed by atoms with Gasteiger partial charge >= 0.3 is 0 Å². The molecule has 2 bridgehead atoms. The molecule has 0 unspecified atom stereocenters. The minimum atomic E-state index is -0.978. The number of nitrogens with one attached hydrogen (secondary N) is 1. The molecule has 1 aliphatic heterocycles. The largest absolute Gasteiger partial charge is 0.508 e. The first kappa shape index (κ1) is 21.0. The highest BCUT2D eigenvalue weighted by atomic mass is 16.3. The van der Waals surface area contributed by atoms with Gasteiger partial charge in [0.2, 0.25) is 5.91 Å². The Morgan fingerprint density at radius 1 is 1.09 bits per heavy atom. The lowest BCUT2D eigenvalue weighted by atomic mass is 9.56. The number of carbonyl (C=O) groups excluding carboxylic acids is 1. The quantitative estimate of drug-likeness (QED) is 0.565. The third-order valence-electron chi connectivity index (χ3n) is 8.76. The average Bonchev–Trinajstić information content (AvgIpc) is 3.53. The van der Waals surface area contributed by atoms with Gasteiger partial charge in [-0.15, -0.1) is 0 Å². The fraction of sp³-hybridized carbons (Fsp3) is 0.519. The molecule has 4 N–H and O–H groups in total. The molecule has 6 nitrogen and oxygen atoms in total. The molecule has 1 heterocycles. The average molecular weight is 449 g/mol. The Labute approximate surface area is 194 Å². The molecule has 4 aliphatic rings. The maximum absolute atomic E-state index is 13.3. The number of amides is 1. The Morgan fingerprint density at radius 2 is 1.91 bits per heavy atom. The number of phenols is 2. The fourth-order valence-corrected chi connectivity index (χ4v) is 7.01. The van der Waals surface area contributed by atoms with E-state index in [1.807, 2.05) is 18.2 Å². The Hall–Kier alpha value is -2.57. The predicted octanol–water partition coefficient (Wildman–Crippen LogP) is 2.83. The van der Waals surface area contributed by atoms with Gasteiger partial charge in [-0.05, 0) is 91.9 Å². The van der Waals surface area contributed by atoms with E-state index in [9.17, 15) is 20.1 Å². The van der Waals surface area contributed by atoms with Crippen LogP contribution in [0.5, 0.6) is 11.5 Å². The predicted molar refractivity (Wildman–Crippen MR) is 124 cm³/mol. The van der Waals surface area contributed by atoms with Gasteiger partial charge in [0.15, 0.2) is 0 Å². The highest BCUT2D eigenvalue weighted by Crippen LogP contribution is 2.62. The van der Waals surface area contributed by atoms with Crippen molar-refractivity contribution in [2.75, 3.05) is 13.1 Å². The molecule has 2 aromatic carbocycles. The van der Waals surface area contributed by atoms with E-state index < -0.39 is 11.0 Å². The highest BCUT2D eigenvalue weighted by molar-refractivity contribution is 5.80. The molecule has 0 spiro atoms. The highest BCUT2D eigenvalue weighted by Gasteiger charge is 2.68. The molecule has 6 heteroatoms. The fourth-order valence-electron chi connectivity index (χ4n) is 7.01. The van der Waals surface area contributed by atoms with Crippen LogP contribution in [0, 0.1) is 11.8 Å². The number of phenolic OH excluding ortho intramolecular Hbond substituents is 2. The van der Waals surface area contributed by atoms with Crippen LogP contribution in [0.2, 0.25) is 0 Å². The van der Waals surface area contributed by atoms with Crippen LogP contribution in [0.1, 0.15) is 48.8 Å². The molecule has 3 fully saturated rings. The summed E-state index contributed by atoms with van der Waals surface area (Å²) < 4.78 is 0. The molecule has 33 heavy (non-hydrogen) atoms. The van der Waals surface area contributed by atoms with Gasteiger partial charge in [0.25, 0.3) is 0 Å². The summed E-state index contributed by atoms with van der Waals surface area (Å²) in [7, 11) is 0. The summed E-state index contributed by atoms with van der Waals surface area (Å²) in [6.45, 7) is 2.31. The first-order valence-electron chi connectivity index (χ1n) is 12.2. The Morgan fingerprint density at radius 3 is 2.70 bits per heavy atom. The van der Waals surface area contributed by atoms with Crippen molar-refractivity contribution in [1.82, 2.24) is 10.2 Å². The Bertz CT molecular complexity index is 1100. The van der Waals surface area contributed by atoms with Crippen molar-refractivity contribution >= 4 is 5.91 Å². The van der Waals surface area contributed by atoms with Crippen LogP contribution in [0.25, 0.3) is 0 Å². The molecule has 3 aliphatic carbocycles. The second-order valence-corrected chi connectivity index (χ2v) is 10.7. The molecule has 2 saturated carbocycles. The monoisotopic (exact) mass is 448 g/mol. The standard InChI is InChI=1S/C27H32N2O4/c30-21-3-1-2-18(10-21)15-28-25(32)20-13-26-8-9-29(16-17-4-5-17)24(27(26,33)14-20)11-19-6-7-22(31)12-23(19)26/h1-3,6-7,10,12,17,20,24,30-31,33H,4-5,8-9,11,13-16H2,(H,28,32)/t20-,24-,26-,27-/m1/s1. The van der Waals surface area contributed by atoms with Crippen molar-refractivity contribution in [3.8, 4) is 11.5 Å². The molecule has 0 aromatic heterocycles. The molecule has 4 atom stereocenters. The van der Waals surface area contributed by atoms with Crippen molar-refractivity contribution in [3.05, 3.63) is 59.2 Å². The molecule has 1 amide bonds. The maximum atomic E-state index is 13.3. The van der Waals surface area contributed by atoms with Gasteiger partial charge in [0.05, 0.1) is 5.60 Å². The van der Waals surface area contributed by atoms with Crippen molar-refractivity contribution in [1.29, 1.82) is 0 Å². The van der Waals surface area contributed by atoms with Crippen LogP contribution < -0.4 is 5.32 Å². The number of likely N-dealkylation sites (tertiary alicyclic amines) is 1. The van der Waals surface area contributed by atoms with E-state index in [-0.39, 0.29) is 29.4 Å². The van der Waals surface area contributed by atoms with Crippen LogP contribution in [0.4, 0.5) is 0 Å². The van der Waals surface area contributed by atoms with Crippen LogP contribution >= 0.6 is 0 Å². The number of aliphatic hydroxyl groups is 1. The van der Waals surface area contributed by atoms with E-state index in [0.717, 1.165) is 43.0 Å². The molecule has 174 valence electrons. The summed E-state index contributed by atoms with van der Waals surface area (Å²) in [4.78, 5) is 15.8. The number of fused-ring (bicyclic) bond motifs is 1. The molecule has 0 radical (unpaired) electrons. The summed E-state index contributed by atoms with van der Waals surface area (Å²) in [5.74, 6) is 0.814. The van der Waals surface area contributed by atoms with Gasteiger partial charge < -0.3 is 20.6 Å². The summed E-state index contributed by atoms with van der Waals surface area (Å²) in [6, 6.07) is 12.5. The topological polar surface area (TPSA) is 93.0 Å². The number of rotatable bonds is 5.